The third-order valence-corrected chi connectivity index (χ3v) is 5.03. The molecule has 3 atom stereocenters. The van der Waals surface area contributed by atoms with E-state index in [1.54, 1.807) is 13.1 Å². The molecule has 2 aromatic heterocycles. The van der Waals surface area contributed by atoms with Gasteiger partial charge in [0, 0.05) is 30.9 Å². The molecule has 2 aromatic rings. The van der Waals surface area contributed by atoms with Crippen LogP contribution in [0.1, 0.15) is 43.5 Å². The Morgan fingerprint density at radius 2 is 2.29 bits per heavy atom. The van der Waals surface area contributed by atoms with Crippen LogP contribution < -0.4 is 4.90 Å². The maximum Gasteiger partial charge on any atom is 0.341 e. The highest BCUT2D eigenvalue weighted by molar-refractivity contribution is 6.04. The van der Waals surface area contributed by atoms with Gasteiger partial charge in [-0.15, -0.1) is 0 Å². The number of aromatic nitrogens is 2. The van der Waals surface area contributed by atoms with Crippen molar-refractivity contribution in [3.8, 4) is 0 Å². The quantitative estimate of drug-likeness (QED) is 0.842. The number of H-pyrrole nitrogens is 1. The number of esters is 1. The van der Waals surface area contributed by atoms with Crippen molar-refractivity contribution in [1.29, 1.82) is 0 Å². The van der Waals surface area contributed by atoms with Gasteiger partial charge in [0.15, 0.2) is 0 Å². The first kappa shape index (κ1) is 16.8. The van der Waals surface area contributed by atoms with Crippen molar-refractivity contribution >= 4 is 22.7 Å². The van der Waals surface area contributed by atoms with E-state index in [1.807, 2.05) is 19.3 Å². The number of ether oxygens (including phenoxy) is 1. The molecule has 6 nitrogen and oxygen atoms in total. The molecule has 1 aliphatic rings. The first-order valence-electron chi connectivity index (χ1n) is 8.57. The zero-order valence-electron chi connectivity index (χ0n) is 14.5. The van der Waals surface area contributed by atoms with Crippen molar-refractivity contribution < 1.29 is 14.6 Å². The van der Waals surface area contributed by atoms with Crippen LogP contribution in [0.25, 0.3) is 11.0 Å². The summed E-state index contributed by atoms with van der Waals surface area (Å²) in [5.41, 5.74) is 2.04. The summed E-state index contributed by atoms with van der Waals surface area (Å²) in [6.07, 6.45) is 5.63. The molecule has 0 unspecified atom stereocenters. The van der Waals surface area contributed by atoms with Gasteiger partial charge in [0.1, 0.15) is 11.2 Å². The van der Waals surface area contributed by atoms with Crippen LogP contribution in [0.2, 0.25) is 0 Å². The molecule has 0 aliphatic heterocycles. The van der Waals surface area contributed by atoms with Gasteiger partial charge in [-0.2, -0.15) is 0 Å². The van der Waals surface area contributed by atoms with Crippen molar-refractivity contribution in [3.63, 3.8) is 0 Å². The number of hydrogen-bond acceptors (Lipinski definition) is 5. The second-order valence-corrected chi connectivity index (χ2v) is 6.60. The molecule has 0 radical (unpaired) electrons. The third kappa shape index (κ3) is 2.98. The molecule has 1 fully saturated rings. The number of aliphatic hydroxyl groups excluding tert-OH is 1. The van der Waals surface area contributed by atoms with E-state index in [1.165, 1.54) is 0 Å². The van der Waals surface area contributed by atoms with E-state index in [0.717, 1.165) is 29.6 Å². The summed E-state index contributed by atoms with van der Waals surface area (Å²) < 4.78 is 5.21. The Balaban J connectivity index is 2.06. The lowest BCUT2D eigenvalue weighted by Crippen LogP contribution is -2.43. The minimum absolute atomic E-state index is 0.169. The van der Waals surface area contributed by atoms with Crippen LogP contribution in [0.15, 0.2) is 18.5 Å². The van der Waals surface area contributed by atoms with Crippen molar-refractivity contribution in [2.45, 2.75) is 45.3 Å². The average Bonchev–Trinajstić information content (AvgIpc) is 3.04. The fourth-order valence-corrected chi connectivity index (χ4v) is 3.71. The fourth-order valence-electron chi connectivity index (χ4n) is 3.71. The SMILES string of the molecule is CCOC(=O)c1cnc2[nH]ccc2c1N(C)[C@@H]1C[C@H](O)CC[C@H]1C. The van der Waals surface area contributed by atoms with Gasteiger partial charge in [0.2, 0.25) is 0 Å². The fraction of sp³-hybridized carbons (Fsp3) is 0.556. The van der Waals surface area contributed by atoms with E-state index >= 15 is 0 Å². The van der Waals surface area contributed by atoms with Crippen LogP contribution in [0.5, 0.6) is 0 Å². The van der Waals surface area contributed by atoms with Gasteiger partial charge in [-0.1, -0.05) is 6.92 Å². The minimum atomic E-state index is -0.362. The molecule has 3 rings (SSSR count). The van der Waals surface area contributed by atoms with Crippen molar-refractivity contribution in [3.05, 3.63) is 24.0 Å². The normalized spacial score (nSPS) is 24.1. The summed E-state index contributed by atoms with van der Waals surface area (Å²) >= 11 is 0. The van der Waals surface area contributed by atoms with Crippen molar-refractivity contribution in [2.75, 3.05) is 18.6 Å². The number of carbonyl (C=O) groups is 1. The number of aromatic amines is 1. The van der Waals surface area contributed by atoms with Crippen LogP contribution in [-0.2, 0) is 4.74 Å². The Kier molecular flexibility index (Phi) is 4.76. The topological polar surface area (TPSA) is 78.5 Å². The summed E-state index contributed by atoms with van der Waals surface area (Å²) in [6.45, 7) is 4.32. The number of carbonyl (C=O) groups excluding carboxylic acids is 1. The van der Waals surface area contributed by atoms with E-state index in [-0.39, 0.29) is 18.1 Å². The van der Waals surface area contributed by atoms with Gasteiger partial charge in [0.05, 0.1) is 18.4 Å². The van der Waals surface area contributed by atoms with Gasteiger partial charge in [-0.3, -0.25) is 0 Å². The summed E-state index contributed by atoms with van der Waals surface area (Å²) in [5.74, 6) is 0.0783. The summed E-state index contributed by atoms with van der Waals surface area (Å²) in [7, 11) is 1.99. The highest BCUT2D eigenvalue weighted by Crippen LogP contribution is 2.36. The van der Waals surface area contributed by atoms with E-state index < -0.39 is 0 Å². The monoisotopic (exact) mass is 331 g/mol. The predicted octanol–water partition coefficient (Wildman–Crippen LogP) is 2.73. The average molecular weight is 331 g/mol. The van der Waals surface area contributed by atoms with Gasteiger partial charge >= 0.3 is 5.97 Å². The highest BCUT2D eigenvalue weighted by Gasteiger charge is 2.32. The molecule has 0 saturated heterocycles. The second kappa shape index (κ2) is 6.81. The van der Waals surface area contributed by atoms with Crippen LogP contribution >= 0.6 is 0 Å². The number of rotatable bonds is 4. The van der Waals surface area contributed by atoms with E-state index in [9.17, 15) is 9.90 Å². The van der Waals surface area contributed by atoms with Gasteiger partial charge in [-0.05, 0) is 38.2 Å². The smallest absolute Gasteiger partial charge is 0.341 e. The molecule has 1 saturated carbocycles. The Labute approximate surface area is 141 Å². The number of aliphatic hydroxyl groups is 1. The minimum Gasteiger partial charge on any atom is -0.462 e. The predicted molar refractivity (Wildman–Crippen MR) is 93.3 cm³/mol. The molecule has 2 N–H and O–H groups in total. The molecule has 0 amide bonds. The summed E-state index contributed by atoms with van der Waals surface area (Å²) in [4.78, 5) is 22.0. The van der Waals surface area contributed by atoms with E-state index in [2.05, 4.69) is 21.8 Å². The number of fused-ring (bicyclic) bond motifs is 1. The molecule has 6 heteroatoms. The molecule has 0 bridgehead atoms. The molecule has 130 valence electrons. The van der Waals surface area contributed by atoms with Crippen molar-refractivity contribution in [2.24, 2.45) is 5.92 Å². The van der Waals surface area contributed by atoms with Gasteiger partial charge in [-0.25, -0.2) is 9.78 Å². The van der Waals surface area contributed by atoms with Crippen LogP contribution in [0.4, 0.5) is 5.69 Å². The molecule has 0 aromatic carbocycles. The first-order chi connectivity index (χ1) is 11.5. The molecule has 0 spiro atoms. The molecular weight excluding hydrogens is 306 g/mol. The largest absolute Gasteiger partial charge is 0.462 e. The molecule has 24 heavy (non-hydrogen) atoms. The number of nitrogens with one attached hydrogen (secondary N) is 1. The van der Waals surface area contributed by atoms with E-state index in [0.29, 0.717) is 24.5 Å². The van der Waals surface area contributed by atoms with Crippen LogP contribution in [-0.4, -0.2) is 46.8 Å². The van der Waals surface area contributed by atoms with E-state index in [4.69, 9.17) is 4.74 Å². The van der Waals surface area contributed by atoms with Crippen LogP contribution in [0, 0.1) is 5.92 Å². The second-order valence-electron chi connectivity index (χ2n) is 6.60. The lowest BCUT2D eigenvalue weighted by molar-refractivity contribution is 0.0526. The van der Waals surface area contributed by atoms with Crippen LogP contribution in [0.3, 0.4) is 0 Å². The zero-order chi connectivity index (χ0) is 17.3. The highest BCUT2D eigenvalue weighted by atomic mass is 16.5. The standard InChI is InChI=1S/C18H25N3O3/c1-4-24-18(23)14-10-20-17-13(7-8-19-17)16(14)21(3)15-9-12(22)6-5-11(15)2/h7-8,10-12,15,22H,4-6,9H2,1-3H3,(H,19,20)/t11-,12-,15-/m1/s1. The summed E-state index contributed by atoms with van der Waals surface area (Å²) in [5, 5.41) is 11.0. The lowest BCUT2D eigenvalue weighted by Gasteiger charge is -2.40. The van der Waals surface area contributed by atoms with Crippen molar-refractivity contribution in [1.82, 2.24) is 9.97 Å². The summed E-state index contributed by atoms with van der Waals surface area (Å²) in [6, 6.07) is 2.10. The molecular formula is C18H25N3O3. The third-order valence-electron chi connectivity index (χ3n) is 5.03. The number of anilines is 1. The Morgan fingerprint density at radius 3 is 3.04 bits per heavy atom. The lowest BCUT2D eigenvalue weighted by atomic mass is 9.83. The maximum atomic E-state index is 12.4. The Morgan fingerprint density at radius 1 is 1.50 bits per heavy atom. The Bertz CT molecular complexity index is 727. The zero-order valence-corrected chi connectivity index (χ0v) is 14.5. The molecule has 2 heterocycles. The van der Waals surface area contributed by atoms with Gasteiger partial charge < -0.3 is 19.7 Å². The van der Waals surface area contributed by atoms with Gasteiger partial charge in [0.25, 0.3) is 0 Å². The Hall–Kier alpha value is -2.08. The number of nitrogens with zero attached hydrogens (tertiary/aromatic N) is 2. The maximum absolute atomic E-state index is 12.4. The number of hydrogen-bond donors (Lipinski definition) is 2. The molecule has 1 aliphatic carbocycles. The number of pyridine rings is 1. The first-order valence-corrected chi connectivity index (χ1v) is 8.57.